The number of hydrogen-bond donors (Lipinski definition) is 2. The summed E-state index contributed by atoms with van der Waals surface area (Å²) < 4.78 is 4.96. The lowest BCUT2D eigenvalue weighted by molar-refractivity contribution is 0.210. The Bertz CT molecular complexity index is 578. The Morgan fingerprint density at radius 1 is 1.35 bits per heavy atom. The van der Waals surface area contributed by atoms with Crippen molar-refractivity contribution in [2.45, 2.75) is 6.92 Å². The van der Waals surface area contributed by atoms with Gasteiger partial charge in [0.15, 0.2) is 5.82 Å². The SMILES string of the molecule is COCCNc1cnnc(Nc2cc(Cl)ccc2C)n1. The second-order valence-electron chi connectivity index (χ2n) is 4.17. The van der Waals surface area contributed by atoms with Crippen LogP contribution in [0.4, 0.5) is 17.5 Å². The minimum Gasteiger partial charge on any atom is -0.383 e. The van der Waals surface area contributed by atoms with Gasteiger partial charge < -0.3 is 15.4 Å². The van der Waals surface area contributed by atoms with Crippen molar-refractivity contribution >= 4 is 29.1 Å². The average Bonchev–Trinajstić information content (AvgIpc) is 2.44. The summed E-state index contributed by atoms with van der Waals surface area (Å²) in [6.07, 6.45) is 1.56. The number of nitrogens with one attached hydrogen (secondary N) is 2. The zero-order chi connectivity index (χ0) is 14.4. The van der Waals surface area contributed by atoms with Gasteiger partial charge in [-0.05, 0) is 24.6 Å². The van der Waals surface area contributed by atoms with Crippen LogP contribution in [0.1, 0.15) is 5.56 Å². The quantitative estimate of drug-likeness (QED) is 0.798. The van der Waals surface area contributed by atoms with Gasteiger partial charge in [-0.3, -0.25) is 0 Å². The lowest BCUT2D eigenvalue weighted by atomic mass is 10.2. The number of methoxy groups -OCH3 is 1. The van der Waals surface area contributed by atoms with Crippen molar-refractivity contribution in [2.75, 3.05) is 30.9 Å². The molecule has 2 aromatic rings. The summed E-state index contributed by atoms with van der Waals surface area (Å²) >= 11 is 5.98. The second kappa shape index (κ2) is 7.02. The molecule has 106 valence electrons. The van der Waals surface area contributed by atoms with Crippen molar-refractivity contribution in [3.8, 4) is 0 Å². The molecule has 0 unspecified atom stereocenters. The number of benzene rings is 1. The number of anilines is 3. The van der Waals surface area contributed by atoms with Crippen LogP contribution in [0.3, 0.4) is 0 Å². The Hall–Kier alpha value is -1.92. The third kappa shape index (κ3) is 4.04. The molecule has 0 saturated heterocycles. The van der Waals surface area contributed by atoms with E-state index in [9.17, 15) is 0 Å². The minimum atomic E-state index is 0.415. The number of aryl methyl sites for hydroxylation is 1. The average molecular weight is 294 g/mol. The van der Waals surface area contributed by atoms with E-state index in [1.165, 1.54) is 0 Å². The number of hydrogen-bond acceptors (Lipinski definition) is 6. The van der Waals surface area contributed by atoms with Gasteiger partial charge >= 0.3 is 0 Å². The number of nitrogens with zero attached hydrogens (tertiary/aromatic N) is 3. The Labute approximate surface area is 122 Å². The van der Waals surface area contributed by atoms with Crippen LogP contribution in [0.5, 0.6) is 0 Å². The Morgan fingerprint density at radius 3 is 3.00 bits per heavy atom. The highest BCUT2D eigenvalue weighted by molar-refractivity contribution is 6.30. The van der Waals surface area contributed by atoms with Crippen molar-refractivity contribution in [1.82, 2.24) is 15.2 Å². The fraction of sp³-hybridized carbons (Fsp3) is 0.308. The van der Waals surface area contributed by atoms with Crippen LogP contribution in [0.15, 0.2) is 24.4 Å². The van der Waals surface area contributed by atoms with Crippen LogP contribution < -0.4 is 10.6 Å². The molecule has 6 nitrogen and oxygen atoms in total. The maximum absolute atomic E-state index is 5.98. The molecule has 0 fully saturated rings. The van der Waals surface area contributed by atoms with Gasteiger partial charge in [-0.1, -0.05) is 17.7 Å². The molecule has 2 rings (SSSR count). The maximum Gasteiger partial charge on any atom is 0.249 e. The third-order valence-electron chi connectivity index (χ3n) is 2.62. The monoisotopic (exact) mass is 293 g/mol. The molecule has 2 N–H and O–H groups in total. The molecule has 0 aliphatic carbocycles. The van der Waals surface area contributed by atoms with Crippen LogP contribution in [0.25, 0.3) is 0 Å². The summed E-state index contributed by atoms with van der Waals surface area (Å²) in [4.78, 5) is 4.32. The van der Waals surface area contributed by atoms with E-state index in [0.717, 1.165) is 11.3 Å². The van der Waals surface area contributed by atoms with E-state index in [0.29, 0.717) is 29.9 Å². The summed E-state index contributed by atoms with van der Waals surface area (Å²) in [5, 5.41) is 14.7. The summed E-state index contributed by atoms with van der Waals surface area (Å²) in [5.41, 5.74) is 1.91. The van der Waals surface area contributed by atoms with Crippen LogP contribution >= 0.6 is 11.6 Å². The molecule has 1 aromatic heterocycles. The minimum absolute atomic E-state index is 0.415. The maximum atomic E-state index is 5.98. The zero-order valence-electron chi connectivity index (χ0n) is 11.4. The van der Waals surface area contributed by atoms with Crippen molar-refractivity contribution in [2.24, 2.45) is 0 Å². The van der Waals surface area contributed by atoms with Crippen molar-refractivity contribution in [3.63, 3.8) is 0 Å². The first kappa shape index (κ1) is 14.5. The molecule has 0 aliphatic rings. The molecule has 1 aromatic carbocycles. The predicted octanol–water partition coefficient (Wildman–Crippen LogP) is 2.64. The van der Waals surface area contributed by atoms with Crippen LogP contribution in [-0.4, -0.2) is 35.4 Å². The van der Waals surface area contributed by atoms with E-state index in [-0.39, 0.29) is 0 Å². The Kier molecular flexibility index (Phi) is 5.09. The number of rotatable bonds is 6. The second-order valence-corrected chi connectivity index (χ2v) is 4.61. The van der Waals surface area contributed by atoms with E-state index in [2.05, 4.69) is 25.8 Å². The van der Waals surface area contributed by atoms with Gasteiger partial charge in [0.2, 0.25) is 5.95 Å². The molecule has 0 aliphatic heterocycles. The van der Waals surface area contributed by atoms with E-state index >= 15 is 0 Å². The zero-order valence-corrected chi connectivity index (χ0v) is 12.1. The Balaban J connectivity index is 2.09. The third-order valence-corrected chi connectivity index (χ3v) is 2.85. The predicted molar refractivity (Wildman–Crippen MR) is 79.7 cm³/mol. The molecule has 0 spiro atoms. The largest absolute Gasteiger partial charge is 0.383 e. The van der Waals surface area contributed by atoms with Crippen LogP contribution in [-0.2, 0) is 4.74 Å². The highest BCUT2D eigenvalue weighted by atomic mass is 35.5. The van der Waals surface area contributed by atoms with E-state index in [1.54, 1.807) is 13.3 Å². The van der Waals surface area contributed by atoms with Gasteiger partial charge in [-0.15, -0.1) is 5.10 Å². The topological polar surface area (TPSA) is 72.0 Å². The number of aromatic nitrogens is 3. The van der Waals surface area contributed by atoms with Crippen LogP contribution in [0, 0.1) is 6.92 Å². The van der Waals surface area contributed by atoms with E-state index < -0.39 is 0 Å². The molecule has 0 bridgehead atoms. The highest BCUT2D eigenvalue weighted by Gasteiger charge is 2.04. The van der Waals surface area contributed by atoms with Crippen molar-refractivity contribution < 1.29 is 4.74 Å². The molecular weight excluding hydrogens is 278 g/mol. The standard InChI is InChI=1S/C13H16ClN5O/c1-9-3-4-10(14)7-11(9)17-13-18-12(8-16-19-13)15-5-6-20-2/h3-4,7-8H,5-6H2,1-2H3,(H2,15,17,18,19). The van der Waals surface area contributed by atoms with Gasteiger partial charge in [0.25, 0.3) is 0 Å². The van der Waals surface area contributed by atoms with Gasteiger partial charge in [0, 0.05) is 24.4 Å². The molecular formula is C13H16ClN5O. The molecule has 0 atom stereocenters. The lowest BCUT2D eigenvalue weighted by Gasteiger charge is -2.09. The van der Waals surface area contributed by atoms with Crippen molar-refractivity contribution in [1.29, 1.82) is 0 Å². The molecule has 0 radical (unpaired) electrons. The first-order valence-corrected chi connectivity index (χ1v) is 6.52. The summed E-state index contributed by atoms with van der Waals surface area (Å²) in [6, 6.07) is 5.59. The molecule has 1 heterocycles. The smallest absolute Gasteiger partial charge is 0.249 e. The van der Waals surface area contributed by atoms with E-state index in [1.807, 2.05) is 25.1 Å². The first-order chi connectivity index (χ1) is 9.69. The van der Waals surface area contributed by atoms with Gasteiger partial charge in [-0.25, -0.2) is 0 Å². The van der Waals surface area contributed by atoms with Crippen LogP contribution in [0.2, 0.25) is 5.02 Å². The molecule has 20 heavy (non-hydrogen) atoms. The van der Waals surface area contributed by atoms with Gasteiger partial charge in [0.05, 0.1) is 12.8 Å². The van der Waals surface area contributed by atoms with Crippen molar-refractivity contribution in [3.05, 3.63) is 35.0 Å². The fourth-order valence-electron chi connectivity index (χ4n) is 1.57. The fourth-order valence-corrected chi connectivity index (χ4v) is 1.74. The molecule has 0 amide bonds. The Morgan fingerprint density at radius 2 is 2.20 bits per heavy atom. The highest BCUT2D eigenvalue weighted by Crippen LogP contribution is 2.22. The van der Waals surface area contributed by atoms with Gasteiger partial charge in [0.1, 0.15) is 0 Å². The first-order valence-electron chi connectivity index (χ1n) is 6.15. The normalized spacial score (nSPS) is 10.3. The number of ether oxygens (including phenoxy) is 1. The summed E-state index contributed by atoms with van der Waals surface area (Å²) in [7, 11) is 1.65. The summed E-state index contributed by atoms with van der Waals surface area (Å²) in [5.74, 6) is 1.05. The van der Waals surface area contributed by atoms with E-state index in [4.69, 9.17) is 16.3 Å². The summed E-state index contributed by atoms with van der Waals surface area (Å²) in [6.45, 7) is 3.23. The lowest BCUT2D eigenvalue weighted by Crippen LogP contribution is -2.10. The number of halogens is 1. The van der Waals surface area contributed by atoms with Gasteiger partial charge in [-0.2, -0.15) is 10.1 Å². The molecule has 0 saturated carbocycles. The molecule has 7 heteroatoms.